The number of furan rings is 1. The zero-order valence-electron chi connectivity index (χ0n) is 15.5. The maximum atomic E-state index is 13.3. The highest BCUT2D eigenvalue weighted by molar-refractivity contribution is 7.22. The van der Waals surface area contributed by atoms with Crippen LogP contribution in [0.5, 0.6) is 5.75 Å². The Morgan fingerprint density at radius 2 is 2.15 bits per heavy atom. The summed E-state index contributed by atoms with van der Waals surface area (Å²) in [5.74, 6) is 1.85. The van der Waals surface area contributed by atoms with Crippen molar-refractivity contribution in [2.24, 2.45) is 5.92 Å². The summed E-state index contributed by atoms with van der Waals surface area (Å²) in [7, 11) is 0. The van der Waals surface area contributed by atoms with Crippen molar-refractivity contribution in [2.75, 3.05) is 11.5 Å². The number of carbonyl (C=O) groups is 1. The van der Waals surface area contributed by atoms with Crippen LogP contribution in [0.25, 0.3) is 10.2 Å². The summed E-state index contributed by atoms with van der Waals surface area (Å²) in [6, 6.07) is 9.63. The van der Waals surface area contributed by atoms with Crippen molar-refractivity contribution < 1.29 is 13.9 Å². The molecule has 1 aliphatic carbocycles. The molecule has 1 saturated carbocycles. The minimum Gasteiger partial charge on any atom is -0.494 e. The number of hydrogen-bond acceptors (Lipinski definition) is 5. The highest BCUT2D eigenvalue weighted by Crippen LogP contribution is 2.35. The number of amides is 1. The van der Waals surface area contributed by atoms with Gasteiger partial charge in [-0.2, -0.15) is 0 Å². The molecular formula is C21H24N2O3S. The zero-order chi connectivity index (χ0) is 18.6. The number of thiazole rings is 1. The van der Waals surface area contributed by atoms with E-state index in [9.17, 15) is 4.79 Å². The van der Waals surface area contributed by atoms with Gasteiger partial charge in [0.05, 0.1) is 29.6 Å². The van der Waals surface area contributed by atoms with Crippen molar-refractivity contribution in [3.8, 4) is 5.75 Å². The van der Waals surface area contributed by atoms with Crippen molar-refractivity contribution >= 4 is 32.6 Å². The molecule has 3 aromatic rings. The topological polar surface area (TPSA) is 55.6 Å². The lowest BCUT2D eigenvalue weighted by Gasteiger charge is -2.27. The Morgan fingerprint density at radius 1 is 1.30 bits per heavy atom. The first-order valence-corrected chi connectivity index (χ1v) is 10.4. The van der Waals surface area contributed by atoms with Crippen molar-refractivity contribution in [1.29, 1.82) is 0 Å². The van der Waals surface area contributed by atoms with Crippen molar-refractivity contribution in [1.82, 2.24) is 4.98 Å². The van der Waals surface area contributed by atoms with Crippen LogP contribution in [0, 0.1) is 5.92 Å². The number of benzene rings is 1. The van der Waals surface area contributed by atoms with Gasteiger partial charge in [-0.1, -0.05) is 30.6 Å². The lowest BCUT2D eigenvalue weighted by atomic mass is 9.88. The molecule has 1 aromatic carbocycles. The molecule has 1 fully saturated rings. The largest absolute Gasteiger partial charge is 0.494 e. The lowest BCUT2D eigenvalue weighted by molar-refractivity contribution is -0.123. The van der Waals surface area contributed by atoms with Crippen molar-refractivity contribution in [3.05, 3.63) is 42.4 Å². The molecule has 6 heteroatoms. The Balaban J connectivity index is 1.66. The summed E-state index contributed by atoms with van der Waals surface area (Å²) in [6.07, 6.45) is 7.06. The summed E-state index contributed by atoms with van der Waals surface area (Å²) >= 11 is 1.53. The molecule has 1 aliphatic rings. The third-order valence-electron chi connectivity index (χ3n) is 5.01. The number of hydrogen-bond donors (Lipinski definition) is 0. The van der Waals surface area contributed by atoms with Crippen LogP contribution in [-0.2, 0) is 11.3 Å². The minimum absolute atomic E-state index is 0.0831. The maximum Gasteiger partial charge on any atom is 0.232 e. The molecule has 2 aromatic heterocycles. The van der Waals surface area contributed by atoms with Crippen LogP contribution in [0.2, 0.25) is 0 Å². The highest BCUT2D eigenvalue weighted by atomic mass is 32.1. The van der Waals surface area contributed by atoms with Crippen LogP contribution in [0.4, 0.5) is 5.13 Å². The van der Waals surface area contributed by atoms with Crippen LogP contribution in [0.15, 0.2) is 41.0 Å². The number of anilines is 1. The lowest BCUT2D eigenvalue weighted by Crippen LogP contribution is -2.36. The minimum atomic E-state index is 0.0831. The van der Waals surface area contributed by atoms with Gasteiger partial charge in [0.25, 0.3) is 0 Å². The number of ether oxygens (including phenoxy) is 1. The van der Waals surface area contributed by atoms with Gasteiger partial charge in [0.1, 0.15) is 11.5 Å². The van der Waals surface area contributed by atoms with Gasteiger partial charge in [0.2, 0.25) is 5.91 Å². The van der Waals surface area contributed by atoms with E-state index in [4.69, 9.17) is 14.1 Å². The number of aromatic nitrogens is 1. The van der Waals surface area contributed by atoms with Gasteiger partial charge in [0, 0.05) is 5.92 Å². The summed E-state index contributed by atoms with van der Waals surface area (Å²) in [4.78, 5) is 19.8. The van der Waals surface area contributed by atoms with Gasteiger partial charge in [-0.25, -0.2) is 4.98 Å². The average molecular weight is 385 g/mol. The normalized spacial score (nSPS) is 15.1. The molecule has 0 saturated heterocycles. The van der Waals surface area contributed by atoms with Gasteiger partial charge >= 0.3 is 0 Å². The van der Waals surface area contributed by atoms with E-state index in [1.165, 1.54) is 17.8 Å². The van der Waals surface area contributed by atoms with Crippen LogP contribution < -0.4 is 9.64 Å². The number of carbonyl (C=O) groups excluding carboxylic acids is 1. The molecule has 0 N–H and O–H groups in total. The quantitative estimate of drug-likeness (QED) is 0.571. The van der Waals surface area contributed by atoms with E-state index >= 15 is 0 Å². The summed E-state index contributed by atoms with van der Waals surface area (Å²) in [5.41, 5.74) is 0.888. The molecule has 0 spiro atoms. The van der Waals surface area contributed by atoms with Gasteiger partial charge < -0.3 is 9.15 Å². The van der Waals surface area contributed by atoms with Gasteiger partial charge in [-0.05, 0) is 50.1 Å². The van der Waals surface area contributed by atoms with E-state index in [0.29, 0.717) is 13.2 Å². The van der Waals surface area contributed by atoms with Crippen LogP contribution in [0.1, 0.15) is 44.8 Å². The second-order valence-electron chi connectivity index (χ2n) is 6.90. The number of nitrogens with zero attached hydrogens (tertiary/aromatic N) is 2. The first-order valence-electron chi connectivity index (χ1n) is 9.61. The molecular weight excluding hydrogens is 360 g/mol. The summed E-state index contributed by atoms with van der Waals surface area (Å²) in [6.45, 7) is 3.01. The first kappa shape index (κ1) is 18.0. The Morgan fingerprint density at radius 3 is 2.89 bits per heavy atom. The van der Waals surface area contributed by atoms with E-state index in [1.807, 2.05) is 37.3 Å². The molecule has 27 heavy (non-hydrogen) atoms. The molecule has 0 unspecified atom stereocenters. The van der Waals surface area contributed by atoms with Crippen LogP contribution >= 0.6 is 11.3 Å². The number of rotatable bonds is 6. The van der Waals surface area contributed by atoms with E-state index in [-0.39, 0.29) is 11.8 Å². The standard InChI is InChI=1S/C21H24N2O3S/c1-2-25-16-10-11-18-19(13-16)27-21(22-18)23(14-17-9-6-12-26-17)20(24)15-7-4-3-5-8-15/h6,9-13,15H,2-5,7-8,14H2,1H3. The third kappa shape index (κ3) is 4.00. The molecule has 4 rings (SSSR count). The molecule has 5 nitrogen and oxygen atoms in total. The Labute approximate surface area is 163 Å². The Bertz CT molecular complexity index is 897. The fourth-order valence-corrected chi connectivity index (χ4v) is 4.63. The van der Waals surface area contributed by atoms with E-state index in [0.717, 1.165) is 52.5 Å². The Hall–Kier alpha value is -2.34. The fraction of sp³-hybridized carbons (Fsp3) is 0.429. The van der Waals surface area contributed by atoms with Gasteiger partial charge in [-0.15, -0.1) is 0 Å². The second kappa shape index (κ2) is 8.13. The molecule has 0 aliphatic heterocycles. The molecule has 142 valence electrons. The molecule has 1 amide bonds. The van der Waals surface area contributed by atoms with Gasteiger partial charge in [0.15, 0.2) is 5.13 Å². The smallest absolute Gasteiger partial charge is 0.232 e. The first-order chi connectivity index (χ1) is 13.2. The molecule has 2 heterocycles. The van der Waals surface area contributed by atoms with Gasteiger partial charge in [-0.3, -0.25) is 9.69 Å². The van der Waals surface area contributed by atoms with Crippen LogP contribution in [0.3, 0.4) is 0 Å². The predicted octanol–water partition coefficient (Wildman–Crippen LogP) is 5.40. The monoisotopic (exact) mass is 384 g/mol. The maximum absolute atomic E-state index is 13.3. The molecule has 0 radical (unpaired) electrons. The fourth-order valence-electron chi connectivity index (χ4n) is 3.63. The average Bonchev–Trinajstić information content (AvgIpc) is 3.35. The summed E-state index contributed by atoms with van der Waals surface area (Å²) < 4.78 is 12.1. The molecule has 0 atom stereocenters. The number of fused-ring (bicyclic) bond motifs is 1. The predicted molar refractivity (Wildman–Crippen MR) is 107 cm³/mol. The Kier molecular flexibility index (Phi) is 5.43. The van der Waals surface area contributed by atoms with E-state index in [1.54, 1.807) is 11.2 Å². The SMILES string of the molecule is CCOc1ccc2nc(N(Cc3ccco3)C(=O)C3CCCCC3)sc2c1. The zero-order valence-corrected chi connectivity index (χ0v) is 16.3. The van der Waals surface area contributed by atoms with E-state index in [2.05, 4.69) is 0 Å². The highest BCUT2D eigenvalue weighted by Gasteiger charge is 2.29. The van der Waals surface area contributed by atoms with Crippen molar-refractivity contribution in [3.63, 3.8) is 0 Å². The third-order valence-corrected chi connectivity index (χ3v) is 6.05. The van der Waals surface area contributed by atoms with E-state index < -0.39 is 0 Å². The second-order valence-corrected chi connectivity index (χ2v) is 7.91. The summed E-state index contributed by atoms with van der Waals surface area (Å²) in [5, 5.41) is 0.727. The molecule has 0 bridgehead atoms. The van der Waals surface area contributed by atoms with Crippen molar-refractivity contribution in [2.45, 2.75) is 45.6 Å². The van der Waals surface area contributed by atoms with Crippen LogP contribution in [-0.4, -0.2) is 17.5 Å².